The van der Waals surface area contributed by atoms with Gasteiger partial charge in [-0.3, -0.25) is 10.1 Å². The number of hydrogen-bond donors (Lipinski definition) is 3. The van der Waals surface area contributed by atoms with Gasteiger partial charge in [0.1, 0.15) is 0 Å². The molecule has 0 saturated heterocycles. The lowest BCUT2D eigenvalue weighted by Crippen LogP contribution is -1.95. The number of aromatic hydroxyl groups is 3. The summed E-state index contributed by atoms with van der Waals surface area (Å²) >= 11 is 0. The Kier molecular flexibility index (Phi) is 4.74. The number of rotatable bonds is 3. The SMILES string of the molecule is Br.O=[N+]([O-])c1cc(-c2cc(O)n(-c3ccccc3)n2)cc(O)c1O. The summed E-state index contributed by atoms with van der Waals surface area (Å²) in [5, 5.41) is 44.2. The van der Waals surface area contributed by atoms with E-state index in [1.54, 1.807) is 24.3 Å². The lowest BCUT2D eigenvalue weighted by molar-refractivity contribution is -0.385. The molecule has 24 heavy (non-hydrogen) atoms. The number of hydrogen-bond acceptors (Lipinski definition) is 6. The van der Waals surface area contributed by atoms with Crippen LogP contribution in [0.15, 0.2) is 48.5 Å². The standard InChI is InChI=1S/C15H11N3O5.BrH/c19-13-7-9(6-12(15(13)21)18(22)23)11-8-14(20)17(16-11)10-4-2-1-3-5-10;/h1-8,19-21H;1H. The lowest BCUT2D eigenvalue weighted by atomic mass is 10.1. The van der Waals surface area contributed by atoms with Crippen molar-refractivity contribution < 1.29 is 20.2 Å². The third-order valence-electron chi connectivity index (χ3n) is 3.25. The summed E-state index contributed by atoms with van der Waals surface area (Å²) in [6.07, 6.45) is 0. The molecule has 0 aliphatic carbocycles. The fourth-order valence-corrected chi connectivity index (χ4v) is 2.16. The molecule has 1 aromatic heterocycles. The van der Waals surface area contributed by atoms with E-state index >= 15 is 0 Å². The monoisotopic (exact) mass is 393 g/mol. The second kappa shape index (κ2) is 6.59. The average molecular weight is 394 g/mol. The minimum Gasteiger partial charge on any atom is -0.504 e. The molecule has 2 aromatic carbocycles. The summed E-state index contributed by atoms with van der Waals surface area (Å²) in [5.74, 6) is -1.62. The highest BCUT2D eigenvalue weighted by Crippen LogP contribution is 2.39. The maximum atomic E-state index is 10.9. The molecule has 0 fully saturated rings. The maximum Gasteiger partial charge on any atom is 0.315 e. The number of halogens is 1. The molecule has 0 spiro atoms. The first-order valence-electron chi connectivity index (χ1n) is 6.52. The van der Waals surface area contributed by atoms with E-state index < -0.39 is 22.1 Å². The van der Waals surface area contributed by atoms with Crippen LogP contribution in [0.3, 0.4) is 0 Å². The van der Waals surface area contributed by atoms with Crippen LogP contribution in [0.4, 0.5) is 5.69 Å². The highest BCUT2D eigenvalue weighted by molar-refractivity contribution is 8.93. The van der Waals surface area contributed by atoms with Crippen LogP contribution in [-0.4, -0.2) is 30.0 Å². The number of nitro benzene ring substituents is 1. The van der Waals surface area contributed by atoms with E-state index in [4.69, 9.17) is 0 Å². The summed E-state index contributed by atoms with van der Waals surface area (Å²) in [7, 11) is 0. The Morgan fingerprint density at radius 2 is 1.71 bits per heavy atom. The Hall–Kier alpha value is -3.07. The van der Waals surface area contributed by atoms with Crippen molar-refractivity contribution in [3.63, 3.8) is 0 Å². The number of aromatic nitrogens is 2. The molecule has 0 atom stereocenters. The topological polar surface area (TPSA) is 122 Å². The summed E-state index contributed by atoms with van der Waals surface area (Å²) in [4.78, 5) is 10.1. The summed E-state index contributed by atoms with van der Waals surface area (Å²) in [6, 6.07) is 12.3. The average Bonchev–Trinajstić information content (AvgIpc) is 2.92. The normalized spacial score (nSPS) is 10.2. The highest BCUT2D eigenvalue weighted by Gasteiger charge is 2.21. The first-order valence-corrected chi connectivity index (χ1v) is 6.52. The van der Waals surface area contributed by atoms with Gasteiger partial charge in [-0.05, 0) is 18.2 Å². The third-order valence-corrected chi connectivity index (χ3v) is 3.25. The van der Waals surface area contributed by atoms with E-state index in [9.17, 15) is 25.4 Å². The Morgan fingerprint density at radius 3 is 2.33 bits per heavy atom. The van der Waals surface area contributed by atoms with Gasteiger partial charge in [0.25, 0.3) is 0 Å². The zero-order chi connectivity index (χ0) is 16.6. The Labute approximate surface area is 146 Å². The predicted molar refractivity (Wildman–Crippen MR) is 91.0 cm³/mol. The molecular formula is C15H12BrN3O5. The Balaban J connectivity index is 0.00000208. The van der Waals surface area contributed by atoms with Crippen LogP contribution in [0.2, 0.25) is 0 Å². The van der Waals surface area contributed by atoms with Crippen molar-refractivity contribution in [1.82, 2.24) is 9.78 Å². The summed E-state index contributed by atoms with van der Waals surface area (Å²) in [5.41, 5.74) is 0.365. The molecular weight excluding hydrogens is 382 g/mol. The van der Waals surface area contributed by atoms with Crippen LogP contribution in [0.5, 0.6) is 17.4 Å². The maximum absolute atomic E-state index is 10.9. The highest BCUT2D eigenvalue weighted by atomic mass is 79.9. The predicted octanol–water partition coefficient (Wildman–Crippen LogP) is 3.14. The van der Waals surface area contributed by atoms with E-state index in [1.165, 1.54) is 10.7 Å². The molecule has 0 amide bonds. The second-order valence-corrected chi connectivity index (χ2v) is 4.76. The van der Waals surface area contributed by atoms with Gasteiger partial charge >= 0.3 is 5.69 Å². The van der Waals surface area contributed by atoms with Crippen LogP contribution >= 0.6 is 17.0 Å². The number of para-hydroxylation sites is 1. The fraction of sp³-hybridized carbons (Fsp3) is 0. The van der Waals surface area contributed by atoms with Crippen LogP contribution in [0.1, 0.15) is 0 Å². The number of nitro groups is 1. The number of nitrogens with zero attached hydrogens (tertiary/aromatic N) is 3. The molecule has 1 heterocycles. The summed E-state index contributed by atoms with van der Waals surface area (Å²) < 4.78 is 1.26. The second-order valence-electron chi connectivity index (χ2n) is 4.76. The van der Waals surface area contributed by atoms with Crippen molar-refractivity contribution in [3.05, 3.63) is 58.6 Å². The van der Waals surface area contributed by atoms with Crippen LogP contribution in [0, 0.1) is 10.1 Å². The largest absolute Gasteiger partial charge is 0.504 e. The van der Waals surface area contributed by atoms with E-state index in [-0.39, 0.29) is 34.1 Å². The van der Waals surface area contributed by atoms with Crippen LogP contribution < -0.4 is 0 Å². The van der Waals surface area contributed by atoms with Gasteiger partial charge in [0.05, 0.1) is 16.3 Å². The molecule has 0 aliphatic heterocycles. The first kappa shape index (κ1) is 17.3. The molecule has 0 unspecified atom stereocenters. The van der Waals surface area contributed by atoms with Crippen molar-refractivity contribution in [2.75, 3.05) is 0 Å². The van der Waals surface area contributed by atoms with Gasteiger partial charge in [0, 0.05) is 17.7 Å². The van der Waals surface area contributed by atoms with E-state index in [0.29, 0.717) is 5.69 Å². The van der Waals surface area contributed by atoms with Crippen molar-refractivity contribution >= 4 is 22.7 Å². The van der Waals surface area contributed by atoms with Gasteiger partial charge in [-0.1, -0.05) is 18.2 Å². The minimum absolute atomic E-state index is 0. The van der Waals surface area contributed by atoms with Crippen molar-refractivity contribution in [2.24, 2.45) is 0 Å². The van der Waals surface area contributed by atoms with Gasteiger partial charge in [-0.2, -0.15) is 5.10 Å². The molecule has 0 saturated carbocycles. The summed E-state index contributed by atoms with van der Waals surface area (Å²) in [6.45, 7) is 0. The van der Waals surface area contributed by atoms with Gasteiger partial charge < -0.3 is 15.3 Å². The molecule has 3 aromatic rings. The zero-order valence-corrected chi connectivity index (χ0v) is 13.7. The van der Waals surface area contributed by atoms with E-state index in [1.807, 2.05) is 6.07 Å². The molecule has 0 radical (unpaired) electrons. The molecule has 8 nitrogen and oxygen atoms in total. The van der Waals surface area contributed by atoms with Gasteiger partial charge in [0.15, 0.2) is 5.75 Å². The quantitative estimate of drug-likeness (QED) is 0.357. The van der Waals surface area contributed by atoms with E-state index in [2.05, 4.69) is 5.10 Å². The molecule has 124 valence electrons. The molecule has 9 heteroatoms. The molecule has 3 rings (SSSR count). The number of phenols is 2. The smallest absolute Gasteiger partial charge is 0.315 e. The molecule has 0 aliphatic rings. The first-order chi connectivity index (χ1) is 11.0. The third kappa shape index (κ3) is 3.01. The lowest BCUT2D eigenvalue weighted by Gasteiger charge is -2.03. The van der Waals surface area contributed by atoms with Crippen LogP contribution in [-0.2, 0) is 0 Å². The molecule has 3 N–H and O–H groups in total. The number of phenolic OH excluding ortho intramolecular Hbond substituents is 2. The van der Waals surface area contributed by atoms with Crippen LogP contribution in [0.25, 0.3) is 16.9 Å². The number of benzene rings is 2. The minimum atomic E-state index is -0.814. The Morgan fingerprint density at radius 1 is 1.04 bits per heavy atom. The van der Waals surface area contributed by atoms with E-state index in [0.717, 1.165) is 12.1 Å². The van der Waals surface area contributed by atoms with Gasteiger partial charge in [0.2, 0.25) is 11.6 Å². The van der Waals surface area contributed by atoms with Crippen molar-refractivity contribution in [1.29, 1.82) is 0 Å². The zero-order valence-electron chi connectivity index (χ0n) is 12.0. The molecule has 0 bridgehead atoms. The fourth-order valence-electron chi connectivity index (χ4n) is 2.16. The van der Waals surface area contributed by atoms with Crippen molar-refractivity contribution in [2.45, 2.75) is 0 Å². The van der Waals surface area contributed by atoms with Crippen molar-refractivity contribution in [3.8, 4) is 34.3 Å². The Bertz CT molecular complexity index is 896. The van der Waals surface area contributed by atoms with Gasteiger partial charge in [-0.25, -0.2) is 4.68 Å². The van der Waals surface area contributed by atoms with Gasteiger partial charge in [-0.15, -0.1) is 17.0 Å².